The molecule has 1 aromatic heterocycles. The van der Waals surface area contributed by atoms with Crippen LogP contribution in [0.4, 0.5) is 0 Å². The normalized spacial score (nSPS) is 18.7. The quantitative estimate of drug-likeness (QED) is 0.267. The maximum Gasteiger partial charge on any atom is 0.191 e. The Balaban J connectivity index is 0.00000420. The van der Waals surface area contributed by atoms with Crippen molar-refractivity contribution in [2.45, 2.75) is 85.4 Å². The Morgan fingerprint density at radius 3 is 2.76 bits per heavy atom. The highest BCUT2D eigenvalue weighted by Crippen LogP contribution is 2.16. The molecule has 1 aliphatic heterocycles. The molecule has 1 saturated heterocycles. The van der Waals surface area contributed by atoms with E-state index in [1.165, 1.54) is 25.8 Å². The van der Waals surface area contributed by atoms with Gasteiger partial charge in [0.15, 0.2) is 5.96 Å². The van der Waals surface area contributed by atoms with E-state index >= 15 is 0 Å². The number of hydrogen-bond acceptors (Lipinski definition) is 4. The number of aliphatic imine (C=N–C) groups is 1. The topological polar surface area (TPSA) is 70.4 Å². The molecule has 0 bridgehead atoms. The minimum Gasteiger partial charge on any atom is -0.355 e. The lowest BCUT2D eigenvalue weighted by molar-refractivity contribution is 0.273. The molecule has 7 nitrogen and oxygen atoms in total. The minimum atomic E-state index is 0. The summed E-state index contributed by atoms with van der Waals surface area (Å²) in [5, 5.41) is 15.3. The number of nitrogens with one attached hydrogen (secondary N) is 2. The number of likely N-dealkylation sites (tertiary alicyclic amines) is 1. The Bertz CT molecular complexity index is 587. The van der Waals surface area contributed by atoms with Crippen LogP contribution in [0.5, 0.6) is 0 Å². The Morgan fingerprint density at radius 1 is 1.28 bits per heavy atom. The highest BCUT2D eigenvalue weighted by Gasteiger charge is 2.22. The first-order valence-corrected chi connectivity index (χ1v) is 11.2. The van der Waals surface area contributed by atoms with Crippen molar-refractivity contribution in [1.29, 1.82) is 0 Å². The standard InChI is InChI=1S/C21H41N7.HI/c1-6-20-26-24-16-28(20)14-12-22-21(25-18(5)11-10-17(3)4)23-15-19-9-8-13-27(19)7-2;/h16-19H,6-15H2,1-5H3,(H2,22,23,25);1H. The van der Waals surface area contributed by atoms with Crippen molar-refractivity contribution >= 4 is 29.9 Å². The molecule has 1 fully saturated rings. The van der Waals surface area contributed by atoms with Crippen LogP contribution < -0.4 is 10.6 Å². The van der Waals surface area contributed by atoms with Gasteiger partial charge in [-0.05, 0) is 51.6 Å². The van der Waals surface area contributed by atoms with Gasteiger partial charge in [0.1, 0.15) is 12.2 Å². The fraction of sp³-hybridized carbons (Fsp3) is 0.857. The fourth-order valence-corrected chi connectivity index (χ4v) is 3.79. The van der Waals surface area contributed by atoms with Crippen LogP contribution in [-0.2, 0) is 13.0 Å². The van der Waals surface area contributed by atoms with E-state index in [4.69, 9.17) is 4.99 Å². The molecule has 2 heterocycles. The van der Waals surface area contributed by atoms with Gasteiger partial charge in [0.25, 0.3) is 0 Å². The molecular weight excluding hydrogens is 477 g/mol. The molecule has 2 atom stereocenters. The molecule has 0 aromatic carbocycles. The van der Waals surface area contributed by atoms with Gasteiger partial charge in [0.2, 0.25) is 0 Å². The van der Waals surface area contributed by atoms with Crippen molar-refractivity contribution in [2.75, 3.05) is 26.2 Å². The zero-order valence-corrected chi connectivity index (χ0v) is 21.4. The van der Waals surface area contributed by atoms with E-state index in [0.717, 1.165) is 56.7 Å². The molecule has 8 heteroatoms. The van der Waals surface area contributed by atoms with E-state index in [9.17, 15) is 0 Å². The number of guanidine groups is 1. The van der Waals surface area contributed by atoms with Crippen LogP contribution >= 0.6 is 24.0 Å². The molecule has 168 valence electrons. The van der Waals surface area contributed by atoms with Gasteiger partial charge in [0, 0.05) is 31.6 Å². The Kier molecular flexibility index (Phi) is 12.8. The number of rotatable bonds is 11. The van der Waals surface area contributed by atoms with Gasteiger partial charge in [0.05, 0.1) is 6.54 Å². The lowest BCUT2D eigenvalue weighted by Crippen LogP contribution is -2.44. The third-order valence-electron chi connectivity index (χ3n) is 5.58. The highest BCUT2D eigenvalue weighted by molar-refractivity contribution is 14.0. The van der Waals surface area contributed by atoms with Crippen LogP contribution in [0, 0.1) is 5.92 Å². The van der Waals surface area contributed by atoms with Gasteiger partial charge in [-0.15, -0.1) is 34.2 Å². The maximum absolute atomic E-state index is 4.94. The summed E-state index contributed by atoms with van der Waals surface area (Å²) >= 11 is 0. The van der Waals surface area contributed by atoms with Crippen LogP contribution in [0.2, 0.25) is 0 Å². The SMILES string of the molecule is CCc1nncn1CCNC(=NCC1CCCN1CC)NC(C)CCC(C)C.I. The molecule has 2 N–H and O–H groups in total. The van der Waals surface area contributed by atoms with E-state index in [2.05, 4.69) is 64.9 Å². The van der Waals surface area contributed by atoms with Crippen molar-refractivity contribution < 1.29 is 0 Å². The second kappa shape index (κ2) is 14.2. The molecular formula is C21H42IN7. The average molecular weight is 520 g/mol. The summed E-state index contributed by atoms with van der Waals surface area (Å²) in [5.41, 5.74) is 0. The Labute approximate surface area is 194 Å². The van der Waals surface area contributed by atoms with E-state index in [1.54, 1.807) is 0 Å². The molecule has 0 aliphatic carbocycles. The largest absolute Gasteiger partial charge is 0.355 e. The Morgan fingerprint density at radius 2 is 2.07 bits per heavy atom. The molecule has 0 spiro atoms. The zero-order chi connectivity index (χ0) is 20.4. The summed E-state index contributed by atoms with van der Waals surface area (Å²) < 4.78 is 2.11. The number of aromatic nitrogens is 3. The number of halogens is 1. The summed E-state index contributed by atoms with van der Waals surface area (Å²) in [4.78, 5) is 7.49. The summed E-state index contributed by atoms with van der Waals surface area (Å²) in [7, 11) is 0. The molecule has 0 saturated carbocycles. The van der Waals surface area contributed by atoms with Crippen LogP contribution in [0.3, 0.4) is 0 Å². The second-order valence-electron chi connectivity index (χ2n) is 8.35. The predicted octanol–water partition coefficient (Wildman–Crippen LogP) is 3.30. The van der Waals surface area contributed by atoms with Gasteiger partial charge in [-0.3, -0.25) is 9.89 Å². The van der Waals surface area contributed by atoms with Crippen LogP contribution in [-0.4, -0.2) is 63.9 Å². The van der Waals surface area contributed by atoms with E-state index in [-0.39, 0.29) is 24.0 Å². The van der Waals surface area contributed by atoms with Crippen LogP contribution in [0.15, 0.2) is 11.3 Å². The average Bonchev–Trinajstić information content (AvgIpc) is 3.32. The van der Waals surface area contributed by atoms with E-state index in [1.807, 2.05) is 6.33 Å². The van der Waals surface area contributed by atoms with Crippen molar-refractivity contribution in [3.63, 3.8) is 0 Å². The summed E-state index contributed by atoms with van der Waals surface area (Å²) in [5.74, 6) is 2.70. The lowest BCUT2D eigenvalue weighted by atomic mass is 10.0. The number of hydrogen-bond donors (Lipinski definition) is 2. The third-order valence-corrected chi connectivity index (χ3v) is 5.58. The van der Waals surface area contributed by atoms with Crippen molar-refractivity contribution in [3.8, 4) is 0 Å². The summed E-state index contributed by atoms with van der Waals surface area (Å²) in [6.07, 6.45) is 7.66. The van der Waals surface area contributed by atoms with Gasteiger partial charge in [-0.2, -0.15) is 0 Å². The van der Waals surface area contributed by atoms with Crippen molar-refractivity contribution in [3.05, 3.63) is 12.2 Å². The highest BCUT2D eigenvalue weighted by atomic mass is 127. The number of likely N-dealkylation sites (N-methyl/N-ethyl adjacent to an activating group) is 1. The van der Waals surface area contributed by atoms with Gasteiger partial charge >= 0.3 is 0 Å². The summed E-state index contributed by atoms with van der Waals surface area (Å²) in [6, 6.07) is 1.000. The van der Waals surface area contributed by atoms with E-state index < -0.39 is 0 Å². The number of aryl methyl sites for hydroxylation is 1. The first-order chi connectivity index (χ1) is 13.5. The molecule has 29 heavy (non-hydrogen) atoms. The van der Waals surface area contributed by atoms with Crippen molar-refractivity contribution in [2.24, 2.45) is 10.9 Å². The first kappa shape index (κ1) is 26.1. The fourth-order valence-electron chi connectivity index (χ4n) is 3.79. The van der Waals surface area contributed by atoms with Gasteiger partial charge in [-0.1, -0.05) is 27.7 Å². The molecule has 0 amide bonds. The third kappa shape index (κ3) is 9.19. The second-order valence-corrected chi connectivity index (χ2v) is 8.35. The molecule has 1 aromatic rings. The van der Waals surface area contributed by atoms with E-state index in [0.29, 0.717) is 12.1 Å². The summed E-state index contributed by atoms with van der Waals surface area (Å²) in [6.45, 7) is 16.0. The van der Waals surface area contributed by atoms with Crippen molar-refractivity contribution in [1.82, 2.24) is 30.3 Å². The van der Waals surface area contributed by atoms with Crippen LogP contribution in [0.25, 0.3) is 0 Å². The predicted molar refractivity (Wildman–Crippen MR) is 132 cm³/mol. The minimum absolute atomic E-state index is 0. The lowest BCUT2D eigenvalue weighted by Gasteiger charge is -2.23. The molecule has 0 radical (unpaired) electrons. The maximum atomic E-state index is 4.94. The number of nitrogens with zero attached hydrogens (tertiary/aromatic N) is 5. The molecule has 2 rings (SSSR count). The molecule has 1 aliphatic rings. The van der Waals surface area contributed by atoms with Gasteiger partial charge < -0.3 is 15.2 Å². The Hall–Kier alpha value is -0.900. The molecule has 2 unspecified atom stereocenters. The monoisotopic (exact) mass is 519 g/mol. The zero-order valence-electron chi connectivity index (χ0n) is 19.0. The van der Waals surface area contributed by atoms with Crippen LogP contribution in [0.1, 0.15) is 66.1 Å². The first-order valence-electron chi connectivity index (χ1n) is 11.2. The van der Waals surface area contributed by atoms with Gasteiger partial charge in [-0.25, -0.2) is 0 Å². The smallest absolute Gasteiger partial charge is 0.191 e.